The summed E-state index contributed by atoms with van der Waals surface area (Å²) in [6.07, 6.45) is 1.48. The van der Waals surface area contributed by atoms with Gasteiger partial charge < -0.3 is 4.42 Å². The van der Waals surface area contributed by atoms with E-state index in [1.807, 2.05) is 37.3 Å². The molecule has 2 rings (SSSR count). The van der Waals surface area contributed by atoms with E-state index in [0.717, 1.165) is 16.0 Å². The molecule has 1 N–H and O–H groups in total. The van der Waals surface area contributed by atoms with Gasteiger partial charge in [0.1, 0.15) is 11.5 Å². The molecular weight excluding hydrogens is 352 g/mol. The standard InChI is InChI=1S/C15H15BrN2O2S/c1-11-14(16)7-13(20-11)8-17-18-15(19)10-21-9-12-5-3-2-4-6-12/h2-8H,9-10H2,1H3,(H,18,19)/b17-8-. The van der Waals surface area contributed by atoms with Crippen molar-refractivity contribution in [3.8, 4) is 0 Å². The number of nitrogens with zero attached hydrogens (tertiary/aromatic N) is 1. The summed E-state index contributed by atoms with van der Waals surface area (Å²) in [5.41, 5.74) is 3.68. The van der Waals surface area contributed by atoms with E-state index >= 15 is 0 Å². The van der Waals surface area contributed by atoms with Crippen molar-refractivity contribution in [2.24, 2.45) is 5.10 Å². The number of carbonyl (C=O) groups excluding carboxylic acids is 1. The van der Waals surface area contributed by atoms with Crippen molar-refractivity contribution >= 4 is 39.8 Å². The second kappa shape index (κ2) is 8.05. The maximum atomic E-state index is 11.6. The Hall–Kier alpha value is -1.53. The molecule has 1 heterocycles. The van der Waals surface area contributed by atoms with Gasteiger partial charge in [-0.3, -0.25) is 4.79 Å². The Morgan fingerprint density at radius 1 is 1.43 bits per heavy atom. The van der Waals surface area contributed by atoms with Gasteiger partial charge in [0.2, 0.25) is 5.91 Å². The molecule has 1 aromatic carbocycles. The van der Waals surface area contributed by atoms with Gasteiger partial charge in [0.05, 0.1) is 16.4 Å². The van der Waals surface area contributed by atoms with Crippen LogP contribution < -0.4 is 5.43 Å². The number of nitrogens with one attached hydrogen (secondary N) is 1. The fourth-order valence-corrected chi connectivity index (χ4v) is 2.67. The quantitative estimate of drug-likeness (QED) is 0.625. The van der Waals surface area contributed by atoms with Crippen LogP contribution in [0.4, 0.5) is 0 Å². The third-order valence-corrected chi connectivity index (χ3v) is 4.39. The highest BCUT2D eigenvalue weighted by molar-refractivity contribution is 9.10. The highest BCUT2D eigenvalue weighted by Crippen LogP contribution is 2.19. The van der Waals surface area contributed by atoms with Crippen molar-refractivity contribution in [3.63, 3.8) is 0 Å². The first-order chi connectivity index (χ1) is 10.1. The number of carbonyl (C=O) groups is 1. The molecule has 0 saturated carbocycles. The fraction of sp³-hybridized carbons (Fsp3) is 0.200. The summed E-state index contributed by atoms with van der Waals surface area (Å²) >= 11 is 4.90. The highest BCUT2D eigenvalue weighted by Gasteiger charge is 2.03. The van der Waals surface area contributed by atoms with Crippen LogP contribution in [0.1, 0.15) is 17.1 Å². The van der Waals surface area contributed by atoms with Crippen LogP contribution in [0, 0.1) is 6.92 Å². The number of hydrazone groups is 1. The van der Waals surface area contributed by atoms with Crippen molar-refractivity contribution in [2.45, 2.75) is 12.7 Å². The van der Waals surface area contributed by atoms with Crippen molar-refractivity contribution in [2.75, 3.05) is 5.75 Å². The van der Waals surface area contributed by atoms with Crippen LogP contribution in [0.25, 0.3) is 0 Å². The second-order valence-electron chi connectivity index (χ2n) is 4.32. The molecule has 0 fully saturated rings. The molecule has 0 bridgehead atoms. The average molecular weight is 367 g/mol. The summed E-state index contributed by atoms with van der Waals surface area (Å²) in [7, 11) is 0. The number of hydrogen-bond donors (Lipinski definition) is 1. The molecule has 1 amide bonds. The molecule has 110 valence electrons. The van der Waals surface area contributed by atoms with E-state index in [1.165, 1.54) is 11.8 Å². The number of aryl methyl sites for hydroxylation is 1. The van der Waals surface area contributed by atoms with Gasteiger partial charge in [-0.05, 0) is 28.4 Å². The zero-order valence-electron chi connectivity index (χ0n) is 11.5. The number of furan rings is 1. The smallest absolute Gasteiger partial charge is 0.250 e. The Balaban J connectivity index is 1.70. The lowest BCUT2D eigenvalue weighted by molar-refractivity contribution is -0.118. The van der Waals surface area contributed by atoms with Crippen LogP contribution in [0.3, 0.4) is 0 Å². The molecule has 0 aliphatic carbocycles. The van der Waals surface area contributed by atoms with Gasteiger partial charge in [-0.1, -0.05) is 30.3 Å². The molecule has 0 saturated heterocycles. The molecule has 0 aliphatic rings. The molecular formula is C15H15BrN2O2S. The van der Waals surface area contributed by atoms with Gasteiger partial charge in [-0.25, -0.2) is 5.43 Å². The van der Waals surface area contributed by atoms with Gasteiger partial charge in [0.15, 0.2) is 0 Å². The number of halogens is 1. The lowest BCUT2D eigenvalue weighted by Gasteiger charge is -2.00. The Labute approximate surface area is 136 Å². The van der Waals surface area contributed by atoms with E-state index in [9.17, 15) is 4.79 Å². The monoisotopic (exact) mass is 366 g/mol. The Bertz CT molecular complexity index is 606. The summed E-state index contributed by atoms with van der Waals surface area (Å²) in [4.78, 5) is 11.6. The summed E-state index contributed by atoms with van der Waals surface area (Å²) in [6.45, 7) is 1.85. The lowest BCUT2D eigenvalue weighted by Crippen LogP contribution is -2.19. The lowest BCUT2D eigenvalue weighted by atomic mass is 10.2. The minimum atomic E-state index is -0.130. The molecule has 0 spiro atoms. The summed E-state index contributed by atoms with van der Waals surface area (Å²) < 4.78 is 6.27. The zero-order valence-corrected chi connectivity index (χ0v) is 13.9. The predicted molar refractivity (Wildman–Crippen MR) is 89.5 cm³/mol. The predicted octanol–water partition coefficient (Wildman–Crippen LogP) is 3.73. The molecule has 2 aromatic rings. The number of hydrogen-bond acceptors (Lipinski definition) is 4. The molecule has 0 unspecified atom stereocenters. The zero-order chi connectivity index (χ0) is 15.1. The van der Waals surface area contributed by atoms with Gasteiger partial charge in [0, 0.05) is 11.8 Å². The Morgan fingerprint density at radius 2 is 2.19 bits per heavy atom. The third kappa shape index (κ3) is 5.40. The van der Waals surface area contributed by atoms with E-state index in [2.05, 4.69) is 26.5 Å². The second-order valence-corrected chi connectivity index (χ2v) is 6.16. The third-order valence-electron chi connectivity index (χ3n) is 2.60. The summed E-state index contributed by atoms with van der Waals surface area (Å²) in [5.74, 6) is 2.42. The first-order valence-corrected chi connectivity index (χ1v) is 8.29. The van der Waals surface area contributed by atoms with E-state index < -0.39 is 0 Å². The highest BCUT2D eigenvalue weighted by atomic mass is 79.9. The van der Waals surface area contributed by atoms with Crippen LogP contribution in [0.5, 0.6) is 0 Å². The number of thioether (sulfide) groups is 1. The van der Waals surface area contributed by atoms with E-state index in [0.29, 0.717) is 11.5 Å². The van der Waals surface area contributed by atoms with Crippen LogP contribution in [0.2, 0.25) is 0 Å². The molecule has 1 aromatic heterocycles. The van der Waals surface area contributed by atoms with Crippen molar-refractivity contribution in [3.05, 3.63) is 58.0 Å². The van der Waals surface area contributed by atoms with Gasteiger partial charge in [0.25, 0.3) is 0 Å². The van der Waals surface area contributed by atoms with E-state index in [-0.39, 0.29) is 5.91 Å². The number of rotatable bonds is 6. The van der Waals surface area contributed by atoms with Crippen LogP contribution in [0.15, 0.2) is 50.4 Å². The topological polar surface area (TPSA) is 54.6 Å². The van der Waals surface area contributed by atoms with E-state index in [1.54, 1.807) is 17.8 Å². The first kappa shape index (κ1) is 15.9. The summed E-state index contributed by atoms with van der Waals surface area (Å²) in [6, 6.07) is 11.8. The summed E-state index contributed by atoms with van der Waals surface area (Å²) in [5, 5.41) is 3.87. The Kier molecular flexibility index (Phi) is 6.07. The number of benzene rings is 1. The van der Waals surface area contributed by atoms with Crippen molar-refractivity contribution in [1.29, 1.82) is 0 Å². The first-order valence-electron chi connectivity index (χ1n) is 6.34. The molecule has 6 heteroatoms. The molecule has 21 heavy (non-hydrogen) atoms. The van der Waals surface area contributed by atoms with E-state index in [4.69, 9.17) is 4.42 Å². The average Bonchev–Trinajstić information content (AvgIpc) is 2.79. The van der Waals surface area contributed by atoms with Crippen LogP contribution >= 0.6 is 27.7 Å². The number of amides is 1. The Morgan fingerprint density at radius 3 is 2.86 bits per heavy atom. The molecule has 0 aliphatic heterocycles. The SMILES string of the molecule is Cc1oc(/C=N\NC(=O)CSCc2ccccc2)cc1Br. The maximum absolute atomic E-state index is 11.6. The van der Waals surface area contributed by atoms with Crippen LogP contribution in [-0.4, -0.2) is 17.9 Å². The fourth-order valence-electron chi connectivity index (χ4n) is 1.58. The van der Waals surface area contributed by atoms with Gasteiger partial charge >= 0.3 is 0 Å². The molecule has 0 atom stereocenters. The largest absolute Gasteiger partial charge is 0.459 e. The molecule has 0 radical (unpaired) electrons. The van der Waals surface area contributed by atoms with Gasteiger partial charge in [-0.15, -0.1) is 11.8 Å². The minimum absolute atomic E-state index is 0.130. The van der Waals surface area contributed by atoms with Crippen molar-refractivity contribution in [1.82, 2.24) is 5.43 Å². The maximum Gasteiger partial charge on any atom is 0.250 e. The van der Waals surface area contributed by atoms with Gasteiger partial charge in [-0.2, -0.15) is 5.10 Å². The van der Waals surface area contributed by atoms with Crippen molar-refractivity contribution < 1.29 is 9.21 Å². The molecule has 4 nitrogen and oxygen atoms in total. The van der Waals surface area contributed by atoms with Crippen LogP contribution in [-0.2, 0) is 10.5 Å². The normalized spacial score (nSPS) is 11.0. The minimum Gasteiger partial charge on any atom is -0.459 e.